The third-order valence-electron chi connectivity index (χ3n) is 4.75. The summed E-state index contributed by atoms with van der Waals surface area (Å²) in [5.41, 5.74) is 1.05. The molecule has 1 heterocycles. The van der Waals surface area contributed by atoms with Gasteiger partial charge in [-0.15, -0.1) is 0 Å². The molecule has 2 aromatic carbocycles. The number of nitrogens with one attached hydrogen (secondary N) is 1. The average Bonchev–Trinajstić information content (AvgIpc) is 3.09. The Morgan fingerprint density at radius 1 is 1.00 bits per heavy atom. The molecule has 1 aliphatic rings. The van der Waals surface area contributed by atoms with Gasteiger partial charge in [0.15, 0.2) is 0 Å². The van der Waals surface area contributed by atoms with Crippen molar-refractivity contribution in [3.8, 4) is 0 Å². The first-order valence-electron chi connectivity index (χ1n) is 8.49. The normalized spacial score (nSPS) is 14.6. The summed E-state index contributed by atoms with van der Waals surface area (Å²) in [6.45, 7) is 5.32. The number of carbonyl (C=O) groups is 1. The first kappa shape index (κ1) is 17.4. The second-order valence-electron chi connectivity index (χ2n) is 6.98. The molecule has 3 rings (SSSR count). The van der Waals surface area contributed by atoms with Crippen LogP contribution in [0.5, 0.6) is 0 Å². The third-order valence-corrected chi connectivity index (χ3v) is 4.75. The maximum absolute atomic E-state index is 14.0. The Kier molecular flexibility index (Phi) is 4.75. The lowest BCUT2D eigenvalue weighted by molar-refractivity contribution is -0.120. The first-order valence-corrected chi connectivity index (χ1v) is 8.49. The summed E-state index contributed by atoms with van der Waals surface area (Å²) >= 11 is 0. The summed E-state index contributed by atoms with van der Waals surface area (Å²) in [4.78, 5) is 14.8. The van der Waals surface area contributed by atoms with E-state index < -0.39 is 5.41 Å². The van der Waals surface area contributed by atoms with E-state index in [0.717, 1.165) is 31.6 Å². The third kappa shape index (κ3) is 3.81. The van der Waals surface area contributed by atoms with Crippen LogP contribution in [0.2, 0.25) is 0 Å². The number of halogens is 2. The number of amides is 1. The number of anilines is 2. The number of nitrogens with zero attached hydrogens (tertiary/aromatic N) is 1. The Balaban J connectivity index is 1.81. The second kappa shape index (κ2) is 6.82. The fraction of sp³-hybridized carbons (Fsp3) is 0.350. The highest BCUT2D eigenvalue weighted by Gasteiger charge is 2.30. The topological polar surface area (TPSA) is 32.3 Å². The minimum absolute atomic E-state index is 0.267. The fourth-order valence-electron chi connectivity index (χ4n) is 3.09. The van der Waals surface area contributed by atoms with Crippen LogP contribution in [0.15, 0.2) is 42.5 Å². The van der Waals surface area contributed by atoms with Gasteiger partial charge in [0.05, 0.1) is 5.41 Å². The van der Waals surface area contributed by atoms with E-state index >= 15 is 0 Å². The number of carbonyl (C=O) groups excluding carboxylic acids is 1. The van der Waals surface area contributed by atoms with Gasteiger partial charge in [0.1, 0.15) is 11.6 Å². The van der Waals surface area contributed by atoms with Gasteiger partial charge in [0, 0.05) is 24.5 Å². The fourth-order valence-corrected chi connectivity index (χ4v) is 3.09. The Morgan fingerprint density at radius 2 is 1.64 bits per heavy atom. The molecular formula is C20H22F2N2O. The van der Waals surface area contributed by atoms with Gasteiger partial charge in [-0.25, -0.2) is 8.78 Å². The number of hydrogen-bond acceptors (Lipinski definition) is 2. The van der Waals surface area contributed by atoms with Crippen molar-refractivity contribution in [1.29, 1.82) is 0 Å². The van der Waals surface area contributed by atoms with Gasteiger partial charge < -0.3 is 10.2 Å². The molecule has 0 unspecified atom stereocenters. The highest BCUT2D eigenvalue weighted by molar-refractivity contribution is 5.98. The van der Waals surface area contributed by atoms with Crippen LogP contribution in [-0.2, 0) is 10.2 Å². The molecule has 0 saturated carbocycles. The van der Waals surface area contributed by atoms with Crippen LogP contribution in [0.3, 0.4) is 0 Å². The Morgan fingerprint density at radius 3 is 2.28 bits per heavy atom. The molecule has 1 aliphatic heterocycles. The van der Waals surface area contributed by atoms with Crippen molar-refractivity contribution >= 4 is 17.3 Å². The van der Waals surface area contributed by atoms with Crippen molar-refractivity contribution in [1.82, 2.24) is 0 Å². The van der Waals surface area contributed by atoms with Crippen molar-refractivity contribution < 1.29 is 13.6 Å². The van der Waals surface area contributed by atoms with Crippen molar-refractivity contribution in [3.05, 3.63) is 59.7 Å². The standard InChI is InChI=1S/C20H22F2N2O/c1-20(2,14-5-7-15(21)8-6-14)19(25)23-17-11-16(22)12-18(13-17)24-9-3-4-10-24/h5-8,11-13H,3-4,9-10H2,1-2H3,(H,23,25). The Hall–Kier alpha value is -2.43. The number of rotatable bonds is 4. The molecule has 0 bridgehead atoms. The lowest BCUT2D eigenvalue weighted by Gasteiger charge is -2.25. The lowest BCUT2D eigenvalue weighted by Crippen LogP contribution is -2.34. The van der Waals surface area contributed by atoms with Gasteiger partial charge in [-0.05, 0) is 62.6 Å². The quantitative estimate of drug-likeness (QED) is 0.887. The van der Waals surface area contributed by atoms with Gasteiger partial charge >= 0.3 is 0 Å². The van der Waals surface area contributed by atoms with Gasteiger partial charge in [0.2, 0.25) is 5.91 Å². The van der Waals surface area contributed by atoms with Crippen molar-refractivity contribution in [2.24, 2.45) is 0 Å². The molecule has 1 fully saturated rings. The van der Waals surface area contributed by atoms with E-state index in [2.05, 4.69) is 10.2 Å². The summed E-state index contributed by atoms with van der Waals surface area (Å²) in [5.74, 6) is -0.989. The second-order valence-corrected chi connectivity index (χ2v) is 6.98. The molecule has 5 heteroatoms. The van der Waals surface area contributed by atoms with Crippen LogP contribution in [0, 0.1) is 11.6 Å². The molecule has 1 N–H and O–H groups in total. The SMILES string of the molecule is CC(C)(C(=O)Nc1cc(F)cc(N2CCCC2)c1)c1ccc(F)cc1. The van der Waals surface area contributed by atoms with E-state index in [0.29, 0.717) is 11.3 Å². The maximum atomic E-state index is 14.0. The number of benzene rings is 2. The van der Waals surface area contributed by atoms with Gasteiger partial charge in [-0.2, -0.15) is 0 Å². The molecule has 0 spiro atoms. The zero-order chi connectivity index (χ0) is 18.0. The zero-order valence-corrected chi connectivity index (χ0v) is 14.5. The molecule has 0 aromatic heterocycles. The molecule has 2 aromatic rings. The van der Waals surface area contributed by atoms with Crippen LogP contribution in [-0.4, -0.2) is 19.0 Å². The van der Waals surface area contributed by atoms with Crippen LogP contribution >= 0.6 is 0 Å². The molecule has 0 radical (unpaired) electrons. The number of hydrogen-bond donors (Lipinski definition) is 1. The van der Waals surface area contributed by atoms with Gasteiger partial charge in [-0.1, -0.05) is 12.1 Å². The Bertz CT molecular complexity index is 766. The lowest BCUT2D eigenvalue weighted by atomic mass is 9.83. The largest absolute Gasteiger partial charge is 0.371 e. The molecule has 132 valence electrons. The predicted octanol–water partition coefficient (Wildman–Crippen LogP) is 4.48. The highest BCUT2D eigenvalue weighted by Crippen LogP contribution is 2.28. The molecule has 3 nitrogen and oxygen atoms in total. The maximum Gasteiger partial charge on any atom is 0.234 e. The molecular weight excluding hydrogens is 322 g/mol. The molecule has 25 heavy (non-hydrogen) atoms. The van der Waals surface area contributed by atoms with Crippen LogP contribution in [0.1, 0.15) is 32.3 Å². The van der Waals surface area contributed by atoms with Crippen molar-refractivity contribution in [2.45, 2.75) is 32.1 Å². The summed E-state index contributed by atoms with van der Waals surface area (Å²) in [6.07, 6.45) is 2.19. The highest BCUT2D eigenvalue weighted by atomic mass is 19.1. The summed E-state index contributed by atoms with van der Waals surface area (Å²) in [6, 6.07) is 10.5. The predicted molar refractivity (Wildman–Crippen MR) is 95.9 cm³/mol. The van der Waals surface area contributed by atoms with Crippen LogP contribution in [0.25, 0.3) is 0 Å². The molecule has 1 amide bonds. The van der Waals surface area contributed by atoms with Crippen molar-refractivity contribution in [2.75, 3.05) is 23.3 Å². The monoisotopic (exact) mass is 344 g/mol. The van der Waals surface area contributed by atoms with Gasteiger partial charge in [-0.3, -0.25) is 4.79 Å². The summed E-state index contributed by atoms with van der Waals surface area (Å²) in [7, 11) is 0. The van der Waals surface area contributed by atoms with E-state index in [-0.39, 0.29) is 17.5 Å². The Labute approximate surface area is 146 Å². The van der Waals surface area contributed by atoms with E-state index in [1.165, 1.54) is 24.3 Å². The van der Waals surface area contributed by atoms with E-state index in [1.54, 1.807) is 32.0 Å². The molecule has 0 aliphatic carbocycles. The van der Waals surface area contributed by atoms with E-state index in [1.807, 2.05) is 0 Å². The molecule has 0 atom stereocenters. The zero-order valence-electron chi connectivity index (χ0n) is 14.5. The first-order chi connectivity index (χ1) is 11.9. The minimum Gasteiger partial charge on any atom is -0.371 e. The van der Waals surface area contributed by atoms with Gasteiger partial charge in [0.25, 0.3) is 0 Å². The summed E-state index contributed by atoms with van der Waals surface area (Å²) < 4.78 is 27.1. The van der Waals surface area contributed by atoms with Crippen molar-refractivity contribution in [3.63, 3.8) is 0 Å². The molecule has 1 saturated heterocycles. The smallest absolute Gasteiger partial charge is 0.234 e. The van der Waals surface area contributed by atoms with E-state index in [4.69, 9.17) is 0 Å². The van der Waals surface area contributed by atoms with Crippen LogP contribution in [0.4, 0.5) is 20.2 Å². The average molecular weight is 344 g/mol. The minimum atomic E-state index is -0.867. The van der Waals surface area contributed by atoms with E-state index in [9.17, 15) is 13.6 Å². The summed E-state index contributed by atoms with van der Waals surface area (Å²) in [5, 5.41) is 2.80. The van der Waals surface area contributed by atoms with Crippen LogP contribution < -0.4 is 10.2 Å².